The highest BCUT2D eigenvalue weighted by molar-refractivity contribution is 5.84. The van der Waals surface area contributed by atoms with E-state index in [0.29, 0.717) is 5.92 Å². The highest BCUT2D eigenvalue weighted by Crippen LogP contribution is 2.24. The summed E-state index contributed by atoms with van der Waals surface area (Å²) in [5.41, 5.74) is 0.286. The largest absolute Gasteiger partial charge is 0.326 e. The molecule has 1 heterocycles. The van der Waals surface area contributed by atoms with E-state index in [9.17, 15) is 4.79 Å². The molecule has 0 radical (unpaired) electrons. The van der Waals surface area contributed by atoms with E-state index in [1.54, 1.807) is 0 Å². The van der Waals surface area contributed by atoms with Crippen molar-refractivity contribution >= 4 is 5.91 Å². The normalized spacial score (nSPS) is 26.1. The van der Waals surface area contributed by atoms with Gasteiger partial charge in [-0.1, -0.05) is 41.5 Å². The molecule has 17 heavy (non-hydrogen) atoms. The van der Waals surface area contributed by atoms with E-state index < -0.39 is 0 Å². The van der Waals surface area contributed by atoms with Gasteiger partial charge in [0.05, 0.1) is 12.2 Å². The van der Waals surface area contributed by atoms with Crippen LogP contribution in [0.3, 0.4) is 0 Å². The first kappa shape index (κ1) is 14.5. The maximum Gasteiger partial charge on any atom is 0.241 e. The van der Waals surface area contributed by atoms with Crippen molar-refractivity contribution in [2.75, 3.05) is 6.54 Å². The Morgan fingerprint density at radius 1 is 1.35 bits per heavy atom. The Hall–Kier alpha value is -0.570. The average Bonchev–Trinajstić information content (AvgIpc) is 2.51. The summed E-state index contributed by atoms with van der Waals surface area (Å²) in [5.74, 6) is 0.660. The van der Waals surface area contributed by atoms with Crippen LogP contribution in [0.25, 0.3) is 0 Å². The number of rotatable bonds is 4. The number of hydrogen-bond acceptors (Lipinski definition) is 2. The van der Waals surface area contributed by atoms with Crippen molar-refractivity contribution < 1.29 is 4.79 Å². The van der Waals surface area contributed by atoms with Crippen molar-refractivity contribution in [1.82, 2.24) is 10.2 Å². The van der Waals surface area contributed by atoms with Gasteiger partial charge in [-0.05, 0) is 24.2 Å². The Morgan fingerprint density at radius 2 is 1.94 bits per heavy atom. The molecule has 2 unspecified atom stereocenters. The maximum atomic E-state index is 12.3. The summed E-state index contributed by atoms with van der Waals surface area (Å²) < 4.78 is 0. The predicted molar refractivity (Wildman–Crippen MR) is 71.6 cm³/mol. The fourth-order valence-electron chi connectivity index (χ4n) is 2.24. The van der Waals surface area contributed by atoms with Crippen LogP contribution in [0.2, 0.25) is 0 Å². The molecular weight excluding hydrogens is 212 g/mol. The Bertz CT molecular complexity index is 268. The molecule has 0 saturated carbocycles. The summed E-state index contributed by atoms with van der Waals surface area (Å²) in [4.78, 5) is 14.3. The number of carbonyl (C=O) groups is 1. The zero-order valence-corrected chi connectivity index (χ0v) is 12.2. The van der Waals surface area contributed by atoms with Gasteiger partial charge in [0, 0.05) is 6.54 Å². The first-order valence-corrected chi connectivity index (χ1v) is 6.83. The molecule has 3 heteroatoms. The minimum Gasteiger partial charge on any atom is -0.326 e. The molecule has 1 saturated heterocycles. The Kier molecular flexibility index (Phi) is 4.59. The van der Waals surface area contributed by atoms with Crippen molar-refractivity contribution in [2.45, 2.75) is 66.6 Å². The minimum atomic E-state index is 0.0138. The van der Waals surface area contributed by atoms with E-state index >= 15 is 0 Å². The third-order valence-electron chi connectivity index (χ3n) is 3.45. The van der Waals surface area contributed by atoms with Crippen molar-refractivity contribution in [3.05, 3.63) is 0 Å². The molecule has 1 aliphatic rings. The fourth-order valence-corrected chi connectivity index (χ4v) is 2.24. The molecule has 1 rings (SSSR count). The summed E-state index contributed by atoms with van der Waals surface area (Å²) >= 11 is 0. The van der Waals surface area contributed by atoms with Gasteiger partial charge in [0.2, 0.25) is 5.91 Å². The van der Waals surface area contributed by atoms with Crippen molar-refractivity contribution in [2.24, 2.45) is 11.3 Å². The van der Waals surface area contributed by atoms with Gasteiger partial charge in [-0.3, -0.25) is 10.1 Å². The van der Waals surface area contributed by atoms with E-state index in [0.717, 1.165) is 19.4 Å². The zero-order chi connectivity index (χ0) is 13.2. The lowest BCUT2D eigenvalue weighted by molar-refractivity contribution is -0.131. The van der Waals surface area contributed by atoms with E-state index in [4.69, 9.17) is 0 Å². The van der Waals surface area contributed by atoms with Crippen LogP contribution in [-0.4, -0.2) is 29.6 Å². The fraction of sp³-hybridized carbons (Fsp3) is 0.929. The molecule has 100 valence electrons. The van der Waals surface area contributed by atoms with Crippen LogP contribution in [0.5, 0.6) is 0 Å². The summed E-state index contributed by atoms with van der Waals surface area (Å²) in [7, 11) is 0. The first-order valence-electron chi connectivity index (χ1n) is 6.83. The van der Waals surface area contributed by atoms with Gasteiger partial charge in [0.25, 0.3) is 0 Å². The van der Waals surface area contributed by atoms with Crippen LogP contribution in [0, 0.1) is 11.3 Å². The standard InChI is InChI=1S/C14H28N2O/c1-7-11-15-12(10(2)3)13(17)16(11)9-8-14(4,5)6/h10-12,15H,7-9H2,1-6H3. The number of nitrogens with one attached hydrogen (secondary N) is 1. The topological polar surface area (TPSA) is 32.3 Å². The SMILES string of the molecule is CCC1NC(C(C)C)C(=O)N1CCC(C)(C)C. The summed E-state index contributed by atoms with van der Waals surface area (Å²) in [6.45, 7) is 13.9. The van der Waals surface area contributed by atoms with Gasteiger partial charge in [-0.25, -0.2) is 0 Å². The summed E-state index contributed by atoms with van der Waals surface area (Å²) in [6, 6.07) is 0.0138. The van der Waals surface area contributed by atoms with Gasteiger partial charge < -0.3 is 4.90 Å². The highest BCUT2D eigenvalue weighted by Gasteiger charge is 2.39. The smallest absolute Gasteiger partial charge is 0.241 e. The van der Waals surface area contributed by atoms with Crippen LogP contribution in [0.15, 0.2) is 0 Å². The Morgan fingerprint density at radius 3 is 2.35 bits per heavy atom. The lowest BCUT2D eigenvalue weighted by Crippen LogP contribution is -2.38. The second-order valence-electron chi connectivity index (χ2n) is 6.65. The molecule has 0 aromatic heterocycles. The van der Waals surface area contributed by atoms with E-state index in [-0.39, 0.29) is 23.5 Å². The second kappa shape index (κ2) is 5.38. The number of nitrogens with zero attached hydrogens (tertiary/aromatic N) is 1. The molecule has 0 spiro atoms. The zero-order valence-electron chi connectivity index (χ0n) is 12.2. The summed E-state index contributed by atoms with van der Waals surface area (Å²) in [5, 5.41) is 3.45. The number of amides is 1. The molecule has 0 aromatic rings. The Balaban J connectivity index is 2.66. The third kappa shape index (κ3) is 3.70. The molecular formula is C14H28N2O. The number of carbonyl (C=O) groups excluding carboxylic acids is 1. The van der Waals surface area contributed by atoms with Gasteiger partial charge in [-0.2, -0.15) is 0 Å². The molecule has 0 aromatic carbocycles. The van der Waals surface area contributed by atoms with Crippen molar-refractivity contribution in [3.8, 4) is 0 Å². The lowest BCUT2D eigenvalue weighted by Gasteiger charge is -2.27. The van der Waals surface area contributed by atoms with Crippen molar-refractivity contribution in [3.63, 3.8) is 0 Å². The maximum absolute atomic E-state index is 12.3. The van der Waals surface area contributed by atoms with E-state index in [1.165, 1.54) is 0 Å². The highest BCUT2D eigenvalue weighted by atomic mass is 16.2. The average molecular weight is 240 g/mol. The van der Waals surface area contributed by atoms with Crippen LogP contribution in [-0.2, 0) is 4.79 Å². The number of hydrogen-bond donors (Lipinski definition) is 1. The minimum absolute atomic E-state index is 0.0138. The predicted octanol–water partition coefficient (Wildman–Crippen LogP) is 2.62. The van der Waals surface area contributed by atoms with Crippen molar-refractivity contribution in [1.29, 1.82) is 0 Å². The van der Waals surface area contributed by atoms with Gasteiger partial charge in [-0.15, -0.1) is 0 Å². The first-order chi connectivity index (χ1) is 7.76. The third-order valence-corrected chi connectivity index (χ3v) is 3.45. The molecule has 2 atom stereocenters. The van der Waals surface area contributed by atoms with Crippen LogP contribution < -0.4 is 5.32 Å². The molecule has 1 N–H and O–H groups in total. The quantitative estimate of drug-likeness (QED) is 0.819. The van der Waals surface area contributed by atoms with Gasteiger partial charge in [0.15, 0.2) is 0 Å². The summed E-state index contributed by atoms with van der Waals surface area (Å²) in [6.07, 6.45) is 2.28. The van der Waals surface area contributed by atoms with Gasteiger partial charge in [0.1, 0.15) is 0 Å². The Labute approximate surface area is 106 Å². The lowest BCUT2D eigenvalue weighted by atomic mass is 9.92. The second-order valence-corrected chi connectivity index (χ2v) is 6.65. The molecule has 3 nitrogen and oxygen atoms in total. The molecule has 0 aliphatic carbocycles. The van der Waals surface area contributed by atoms with Crippen LogP contribution >= 0.6 is 0 Å². The monoisotopic (exact) mass is 240 g/mol. The van der Waals surface area contributed by atoms with E-state index in [1.807, 2.05) is 4.90 Å². The molecule has 0 bridgehead atoms. The molecule has 1 fully saturated rings. The molecule has 1 aliphatic heterocycles. The van der Waals surface area contributed by atoms with Crippen LogP contribution in [0.1, 0.15) is 54.4 Å². The van der Waals surface area contributed by atoms with Gasteiger partial charge >= 0.3 is 0 Å². The van der Waals surface area contributed by atoms with Crippen LogP contribution in [0.4, 0.5) is 0 Å². The van der Waals surface area contributed by atoms with E-state index in [2.05, 4.69) is 46.9 Å². The molecule has 1 amide bonds.